The van der Waals surface area contributed by atoms with Crippen molar-refractivity contribution in [3.05, 3.63) is 0 Å². The molecule has 1 atom stereocenters. The van der Waals surface area contributed by atoms with Crippen LogP contribution < -0.4 is 5.32 Å². The Balaban J connectivity index is 2.10. The molecule has 0 aromatic carbocycles. The minimum atomic E-state index is 0.299. The molecule has 1 amide bonds. The molecule has 1 unspecified atom stereocenters. The molecule has 2 bridgehead atoms. The van der Waals surface area contributed by atoms with Crippen LogP contribution in [0, 0.1) is 17.8 Å². The van der Waals surface area contributed by atoms with E-state index in [4.69, 9.17) is 0 Å². The molecule has 2 aliphatic heterocycles. The minimum Gasteiger partial charge on any atom is -0.353 e. The monoisotopic (exact) mass is 153 g/mol. The molecule has 11 heavy (non-hydrogen) atoms. The number of amides is 1. The van der Waals surface area contributed by atoms with E-state index in [0.29, 0.717) is 29.7 Å². The van der Waals surface area contributed by atoms with Crippen LogP contribution in [0.1, 0.15) is 26.7 Å². The Morgan fingerprint density at radius 1 is 1.45 bits per heavy atom. The van der Waals surface area contributed by atoms with Crippen molar-refractivity contribution in [3.63, 3.8) is 0 Å². The summed E-state index contributed by atoms with van der Waals surface area (Å²) >= 11 is 0. The fraction of sp³-hybridized carbons (Fsp3) is 0.889. The highest BCUT2D eigenvalue weighted by Gasteiger charge is 2.45. The van der Waals surface area contributed by atoms with Crippen LogP contribution in [0.3, 0.4) is 0 Å². The molecule has 0 spiro atoms. The zero-order valence-corrected chi connectivity index (χ0v) is 7.13. The maximum atomic E-state index is 11.4. The molecule has 2 heterocycles. The first-order valence-corrected chi connectivity index (χ1v) is 4.49. The molecule has 62 valence electrons. The summed E-state index contributed by atoms with van der Waals surface area (Å²) in [6, 6.07) is 0.530. The second-order valence-corrected chi connectivity index (χ2v) is 4.21. The normalized spacial score (nSPS) is 41.7. The van der Waals surface area contributed by atoms with Gasteiger partial charge in [-0.15, -0.1) is 0 Å². The van der Waals surface area contributed by atoms with Crippen molar-refractivity contribution >= 4 is 5.91 Å². The third-order valence-corrected chi connectivity index (χ3v) is 3.05. The number of piperidine rings is 2. The molecule has 1 N–H and O–H groups in total. The number of rotatable bonds is 1. The van der Waals surface area contributed by atoms with Crippen molar-refractivity contribution in [1.29, 1.82) is 0 Å². The van der Waals surface area contributed by atoms with Crippen LogP contribution in [0.25, 0.3) is 0 Å². The van der Waals surface area contributed by atoms with Crippen LogP contribution in [0.15, 0.2) is 0 Å². The Morgan fingerprint density at radius 2 is 2.09 bits per heavy atom. The van der Waals surface area contributed by atoms with Crippen LogP contribution in [0.4, 0.5) is 0 Å². The fourth-order valence-corrected chi connectivity index (χ4v) is 2.43. The zero-order chi connectivity index (χ0) is 8.01. The summed E-state index contributed by atoms with van der Waals surface area (Å²) < 4.78 is 0. The molecule has 2 heteroatoms. The van der Waals surface area contributed by atoms with Gasteiger partial charge in [-0.3, -0.25) is 4.79 Å². The molecule has 2 nitrogen and oxygen atoms in total. The van der Waals surface area contributed by atoms with Crippen LogP contribution in [0.2, 0.25) is 0 Å². The first-order chi connectivity index (χ1) is 5.18. The van der Waals surface area contributed by atoms with Gasteiger partial charge in [-0.05, 0) is 24.7 Å². The lowest BCUT2D eigenvalue weighted by atomic mass is 9.65. The van der Waals surface area contributed by atoms with Crippen molar-refractivity contribution in [3.8, 4) is 0 Å². The lowest BCUT2D eigenvalue weighted by Gasteiger charge is -2.47. The Morgan fingerprint density at radius 3 is 2.45 bits per heavy atom. The van der Waals surface area contributed by atoms with Crippen LogP contribution in [-0.2, 0) is 4.79 Å². The third-order valence-electron chi connectivity index (χ3n) is 3.05. The smallest absolute Gasteiger partial charge is 0.223 e. The summed E-state index contributed by atoms with van der Waals surface area (Å²) in [5, 5.41) is 3.04. The molecule has 3 aliphatic rings. The number of hydrogen-bond donors (Lipinski definition) is 1. The summed E-state index contributed by atoms with van der Waals surface area (Å²) in [5.41, 5.74) is 0. The molecule has 0 radical (unpaired) electrons. The number of nitrogens with one attached hydrogen (secondary N) is 1. The van der Waals surface area contributed by atoms with Gasteiger partial charge in [0.1, 0.15) is 0 Å². The average molecular weight is 153 g/mol. The van der Waals surface area contributed by atoms with Gasteiger partial charge < -0.3 is 5.32 Å². The van der Waals surface area contributed by atoms with Crippen LogP contribution in [0.5, 0.6) is 0 Å². The number of carbonyl (C=O) groups is 1. The summed E-state index contributed by atoms with van der Waals surface area (Å²) in [6.07, 6.45) is 2.46. The van der Waals surface area contributed by atoms with Crippen molar-refractivity contribution < 1.29 is 4.79 Å². The number of hydrogen-bond acceptors (Lipinski definition) is 1. The van der Waals surface area contributed by atoms with Gasteiger partial charge in [0.25, 0.3) is 0 Å². The average Bonchev–Trinajstić information content (AvgIpc) is 1.83. The SMILES string of the molecule is CC(C)C1C(=O)NC2CC1C2. The molecule has 1 saturated carbocycles. The van der Waals surface area contributed by atoms with Gasteiger partial charge in [-0.1, -0.05) is 13.8 Å². The fourth-order valence-electron chi connectivity index (χ4n) is 2.43. The predicted molar refractivity (Wildman–Crippen MR) is 43.0 cm³/mol. The van der Waals surface area contributed by atoms with E-state index in [1.54, 1.807) is 0 Å². The van der Waals surface area contributed by atoms with Crippen molar-refractivity contribution in [2.24, 2.45) is 17.8 Å². The Bertz CT molecular complexity index is 182. The molecule has 1 aliphatic carbocycles. The first kappa shape index (κ1) is 7.14. The summed E-state index contributed by atoms with van der Waals surface area (Å²) in [6.45, 7) is 4.28. The Kier molecular flexibility index (Phi) is 1.44. The molecule has 3 rings (SSSR count). The minimum absolute atomic E-state index is 0.299. The van der Waals surface area contributed by atoms with Gasteiger partial charge in [-0.25, -0.2) is 0 Å². The first-order valence-electron chi connectivity index (χ1n) is 4.49. The van der Waals surface area contributed by atoms with Gasteiger partial charge in [0, 0.05) is 12.0 Å². The largest absolute Gasteiger partial charge is 0.353 e. The maximum Gasteiger partial charge on any atom is 0.223 e. The van der Waals surface area contributed by atoms with Gasteiger partial charge in [0.15, 0.2) is 0 Å². The standard InChI is InChI=1S/C9H15NO/c1-5(2)8-6-3-7(4-6)10-9(8)11/h5-8H,3-4H2,1-2H3,(H,10,11). The second-order valence-electron chi connectivity index (χ2n) is 4.21. The highest BCUT2D eigenvalue weighted by molar-refractivity contribution is 5.81. The van der Waals surface area contributed by atoms with E-state index in [9.17, 15) is 4.79 Å². The van der Waals surface area contributed by atoms with Crippen molar-refractivity contribution in [1.82, 2.24) is 5.32 Å². The van der Waals surface area contributed by atoms with Crippen LogP contribution in [-0.4, -0.2) is 11.9 Å². The highest BCUT2D eigenvalue weighted by Crippen LogP contribution is 2.41. The topological polar surface area (TPSA) is 29.1 Å². The summed E-state index contributed by atoms with van der Waals surface area (Å²) in [7, 11) is 0. The molecule has 3 fully saturated rings. The molecule has 2 saturated heterocycles. The van der Waals surface area contributed by atoms with Gasteiger partial charge in [0.05, 0.1) is 0 Å². The van der Waals surface area contributed by atoms with Crippen molar-refractivity contribution in [2.75, 3.05) is 0 Å². The highest BCUT2D eigenvalue weighted by atomic mass is 16.2. The van der Waals surface area contributed by atoms with E-state index in [1.165, 1.54) is 12.8 Å². The molecule has 0 aromatic heterocycles. The predicted octanol–water partition coefficient (Wildman–Crippen LogP) is 1.17. The lowest BCUT2D eigenvalue weighted by molar-refractivity contribution is -0.138. The molecular formula is C9H15NO. The maximum absolute atomic E-state index is 11.4. The quantitative estimate of drug-likeness (QED) is 0.602. The summed E-state index contributed by atoms with van der Waals surface area (Å²) in [4.78, 5) is 11.4. The molecule has 0 aromatic rings. The summed E-state index contributed by atoms with van der Waals surface area (Å²) in [5.74, 6) is 1.82. The van der Waals surface area contributed by atoms with Gasteiger partial charge in [0.2, 0.25) is 5.91 Å². The van der Waals surface area contributed by atoms with Gasteiger partial charge in [-0.2, -0.15) is 0 Å². The zero-order valence-electron chi connectivity index (χ0n) is 7.13. The van der Waals surface area contributed by atoms with E-state index in [2.05, 4.69) is 19.2 Å². The third kappa shape index (κ3) is 0.959. The van der Waals surface area contributed by atoms with E-state index in [1.807, 2.05) is 0 Å². The second kappa shape index (κ2) is 2.23. The van der Waals surface area contributed by atoms with Gasteiger partial charge >= 0.3 is 0 Å². The van der Waals surface area contributed by atoms with E-state index >= 15 is 0 Å². The van der Waals surface area contributed by atoms with E-state index < -0.39 is 0 Å². The lowest BCUT2D eigenvalue weighted by Crippen LogP contribution is -2.58. The number of carbonyl (C=O) groups excluding carboxylic acids is 1. The molecular weight excluding hydrogens is 138 g/mol. The Hall–Kier alpha value is -0.530. The van der Waals surface area contributed by atoms with Crippen molar-refractivity contribution in [2.45, 2.75) is 32.7 Å². The van der Waals surface area contributed by atoms with E-state index in [0.717, 1.165) is 0 Å². The van der Waals surface area contributed by atoms with Crippen LogP contribution >= 0.6 is 0 Å². The Labute approximate surface area is 67.4 Å². The number of fused-ring (bicyclic) bond motifs is 2. The van der Waals surface area contributed by atoms with E-state index in [-0.39, 0.29) is 0 Å².